The third-order valence-electron chi connectivity index (χ3n) is 5.01. The molecule has 1 saturated heterocycles. The maximum Gasteiger partial charge on any atom is 0.338 e. The van der Waals surface area contributed by atoms with E-state index in [9.17, 15) is 9.59 Å². The Bertz CT molecular complexity index is 883. The van der Waals surface area contributed by atoms with Crippen molar-refractivity contribution in [1.82, 2.24) is 4.57 Å². The van der Waals surface area contributed by atoms with E-state index in [1.54, 1.807) is 25.3 Å². The number of aromatic nitrogens is 1. The van der Waals surface area contributed by atoms with Crippen LogP contribution in [0, 0.1) is 13.8 Å². The van der Waals surface area contributed by atoms with Crippen molar-refractivity contribution in [2.45, 2.75) is 39.3 Å². The first-order chi connectivity index (χ1) is 13.4. The Morgan fingerprint density at radius 2 is 2.07 bits per heavy atom. The maximum atomic E-state index is 12.6. The number of esters is 1. The highest BCUT2D eigenvalue weighted by Crippen LogP contribution is 2.26. The van der Waals surface area contributed by atoms with Gasteiger partial charge in [0.05, 0.1) is 23.2 Å². The smallest absolute Gasteiger partial charge is 0.338 e. The monoisotopic (exact) mass is 449 g/mol. The molecule has 1 aliphatic rings. The number of carbonyl (C=O) groups is 2. The molecule has 0 saturated carbocycles. The predicted octanol–water partition coefficient (Wildman–Crippen LogP) is 4.09. The van der Waals surface area contributed by atoms with Crippen LogP contribution in [0.1, 0.15) is 44.9 Å². The van der Waals surface area contributed by atoms with Crippen LogP contribution in [-0.2, 0) is 16.0 Å². The van der Waals surface area contributed by atoms with Gasteiger partial charge in [0.1, 0.15) is 5.75 Å². The Morgan fingerprint density at radius 3 is 2.71 bits per heavy atom. The lowest BCUT2D eigenvalue weighted by Crippen LogP contribution is -2.18. The summed E-state index contributed by atoms with van der Waals surface area (Å²) in [5.74, 6) is -0.149. The van der Waals surface area contributed by atoms with E-state index in [1.165, 1.54) is 0 Å². The van der Waals surface area contributed by atoms with E-state index in [2.05, 4.69) is 20.5 Å². The fourth-order valence-corrected chi connectivity index (χ4v) is 3.98. The van der Waals surface area contributed by atoms with Crippen LogP contribution < -0.4 is 4.74 Å². The van der Waals surface area contributed by atoms with Gasteiger partial charge in [-0.15, -0.1) is 0 Å². The zero-order valence-electron chi connectivity index (χ0n) is 16.3. The Morgan fingerprint density at radius 1 is 1.29 bits per heavy atom. The SMILES string of the molecule is COc1ccc(C(=O)OCC(=O)c2cc(C)n(CC3CCCO3)c2C)cc1Br. The molecule has 0 spiro atoms. The standard InChI is InChI=1S/C21H24BrNO5/c1-13-9-17(14(2)23(13)11-16-5-4-8-27-16)19(24)12-28-21(25)15-6-7-20(26-3)18(22)10-15/h6-7,9-10,16H,4-5,8,11-12H2,1-3H3. The number of aryl methyl sites for hydroxylation is 1. The van der Waals surface area contributed by atoms with Gasteiger partial charge < -0.3 is 18.8 Å². The van der Waals surface area contributed by atoms with Gasteiger partial charge in [-0.25, -0.2) is 4.79 Å². The summed E-state index contributed by atoms with van der Waals surface area (Å²) in [5, 5.41) is 0. The van der Waals surface area contributed by atoms with Crippen LogP contribution in [0.4, 0.5) is 0 Å². The van der Waals surface area contributed by atoms with Gasteiger partial charge in [0.2, 0.25) is 5.78 Å². The average Bonchev–Trinajstić information content (AvgIpc) is 3.29. The molecule has 7 heteroatoms. The van der Waals surface area contributed by atoms with E-state index in [0.29, 0.717) is 21.3 Å². The summed E-state index contributed by atoms with van der Waals surface area (Å²) in [5.41, 5.74) is 2.81. The van der Waals surface area contributed by atoms with Crippen LogP contribution in [-0.4, -0.2) is 42.7 Å². The first-order valence-corrected chi connectivity index (χ1v) is 10.0. The normalized spacial score (nSPS) is 16.2. The minimum absolute atomic E-state index is 0.194. The van der Waals surface area contributed by atoms with Crippen LogP contribution >= 0.6 is 15.9 Å². The molecule has 28 heavy (non-hydrogen) atoms. The molecule has 0 aliphatic carbocycles. The molecular weight excluding hydrogens is 426 g/mol. The number of ether oxygens (including phenoxy) is 3. The lowest BCUT2D eigenvalue weighted by molar-refractivity contribution is 0.0474. The number of halogens is 1. The highest BCUT2D eigenvalue weighted by atomic mass is 79.9. The van der Waals surface area contributed by atoms with Gasteiger partial charge in [0.25, 0.3) is 0 Å². The van der Waals surface area contributed by atoms with Crippen molar-refractivity contribution in [3.63, 3.8) is 0 Å². The van der Waals surface area contributed by atoms with Gasteiger partial charge in [-0.2, -0.15) is 0 Å². The molecule has 3 rings (SSSR count). The average molecular weight is 450 g/mol. The Hall–Kier alpha value is -2.12. The van der Waals surface area contributed by atoms with Crippen molar-refractivity contribution < 1.29 is 23.8 Å². The molecule has 0 bridgehead atoms. The second kappa shape index (κ2) is 8.92. The highest BCUT2D eigenvalue weighted by Gasteiger charge is 2.22. The molecule has 150 valence electrons. The summed E-state index contributed by atoms with van der Waals surface area (Å²) < 4.78 is 18.8. The van der Waals surface area contributed by atoms with E-state index in [-0.39, 0.29) is 18.5 Å². The van der Waals surface area contributed by atoms with E-state index in [4.69, 9.17) is 14.2 Å². The molecular formula is C21H24BrNO5. The molecule has 0 N–H and O–H groups in total. The summed E-state index contributed by atoms with van der Waals surface area (Å²) in [6.07, 6.45) is 2.31. The first-order valence-electron chi connectivity index (χ1n) is 9.23. The molecule has 1 fully saturated rings. The number of rotatable bonds is 7. The van der Waals surface area contributed by atoms with Crippen molar-refractivity contribution in [2.24, 2.45) is 0 Å². The molecule has 2 aromatic rings. The number of hydrogen-bond acceptors (Lipinski definition) is 5. The molecule has 1 aromatic carbocycles. The molecule has 1 unspecified atom stereocenters. The van der Waals surface area contributed by atoms with Gasteiger partial charge in [0, 0.05) is 30.1 Å². The van der Waals surface area contributed by atoms with Crippen molar-refractivity contribution >= 4 is 27.7 Å². The van der Waals surface area contributed by atoms with Gasteiger partial charge in [-0.1, -0.05) is 0 Å². The molecule has 1 atom stereocenters. The van der Waals surface area contributed by atoms with Crippen LogP contribution in [0.2, 0.25) is 0 Å². The number of nitrogens with zero attached hydrogens (tertiary/aromatic N) is 1. The quantitative estimate of drug-likeness (QED) is 0.470. The number of ketones is 1. The fraction of sp³-hybridized carbons (Fsp3) is 0.429. The fourth-order valence-electron chi connectivity index (χ4n) is 3.44. The van der Waals surface area contributed by atoms with Crippen LogP contribution in [0.15, 0.2) is 28.7 Å². The molecule has 0 amide bonds. The van der Waals surface area contributed by atoms with E-state index in [1.807, 2.05) is 19.9 Å². The van der Waals surface area contributed by atoms with Crippen molar-refractivity contribution in [1.29, 1.82) is 0 Å². The summed E-state index contributed by atoms with van der Waals surface area (Å²) in [7, 11) is 1.55. The zero-order chi connectivity index (χ0) is 20.3. The number of carbonyl (C=O) groups excluding carboxylic acids is 2. The van der Waals surface area contributed by atoms with Crippen molar-refractivity contribution in [3.8, 4) is 5.75 Å². The second-order valence-corrected chi connectivity index (χ2v) is 7.73. The topological polar surface area (TPSA) is 66.8 Å². The van der Waals surface area contributed by atoms with E-state index < -0.39 is 5.97 Å². The number of methoxy groups -OCH3 is 1. The third-order valence-corrected chi connectivity index (χ3v) is 5.63. The van der Waals surface area contributed by atoms with Gasteiger partial charge in [-0.3, -0.25) is 4.79 Å². The Balaban J connectivity index is 1.64. The summed E-state index contributed by atoms with van der Waals surface area (Å²) >= 11 is 3.34. The zero-order valence-corrected chi connectivity index (χ0v) is 17.9. The van der Waals surface area contributed by atoms with E-state index >= 15 is 0 Å². The summed E-state index contributed by atoms with van der Waals surface area (Å²) in [6.45, 7) is 5.13. The first kappa shape index (κ1) is 20.6. The van der Waals surface area contributed by atoms with Crippen molar-refractivity contribution in [2.75, 3.05) is 20.3 Å². The number of Topliss-reactive ketones (excluding diaryl/α,β-unsaturated/α-hetero) is 1. The lowest BCUT2D eigenvalue weighted by Gasteiger charge is -2.14. The number of hydrogen-bond donors (Lipinski definition) is 0. The molecule has 6 nitrogen and oxygen atoms in total. The molecule has 2 heterocycles. The minimum Gasteiger partial charge on any atom is -0.496 e. The van der Waals surface area contributed by atoms with E-state index in [0.717, 1.165) is 37.4 Å². The van der Waals surface area contributed by atoms with Gasteiger partial charge in [-0.05, 0) is 66.9 Å². The van der Waals surface area contributed by atoms with Crippen molar-refractivity contribution in [3.05, 3.63) is 51.3 Å². The number of benzene rings is 1. The Kier molecular flexibility index (Phi) is 6.57. The lowest BCUT2D eigenvalue weighted by atomic mass is 10.1. The van der Waals surface area contributed by atoms with Crippen LogP contribution in [0.5, 0.6) is 5.75 Å². The summed E-state index contributed by atoms with van der Waals surface area (Å²) in [6, 6.07) is 6.73. The minimum atomic E-state index is -0.551. The van der Waals surface area contributed by atoms with Gasteiger partial charge in [0.15, 0.2) is 6.61 Å². The molecule has 0 radical (unpaired) electrons. The van der Waals surface area contributed by atoms with Crippen LogP contribution in [0.3, 0.4) is 0 Å². The maximum absolute atomic E-state index is 12.6. The predicted molar refractivity (Wildman–Crippen MR) is 108 cm³/mol. The second-order valence-electron chi connectivity index (χ2n) is 6.88. The third kappa shape index (κ3) is 4.47. The molecule has 1 aromatic heterocycles. The largest absolute Gasteiger partial charge is 0.496 e. The Labute approximate surface area is 172 Å². The molecule has 1 aliphatic heterocycles. The van der Waals surface area contributed by atoms with Crippen LogP contribution in [0.25, 0.3) is 0 Å². The summed E-state index contributed by atoms with van der Waals surface area (Å²) in [4.78, 5) is 24.9. The highest BCUT2D eigenvalue weighted by molar-refractivity contribution is 9.10. The van der Waals surface area contributed by atoms with Gasteiger partial charge >= 0.3 is 5.97 Å².